The van der Waals surface area contributed by atoms with Crippen molar-refractivity contribution >= 4 is 29.2 Å². The normalized spacial score (nSPS) is 33.1. The number of halogens is 1. The van der Waals surface area contributed by atoms with Gasteiger partial charge in [-0.3, -0.25) is 14.7 Å². The summed E-state index contributed by atoms with van der Waals surface area (Å²) in [5.74, 6) is -0.524. The lowest BCUT2D eigenvalue weighted by atomic mass is 9.89. The average molecular weight is 477 g/mol. The van der Waals surface area contributed by atoms with Crippen LogP contribution in [0.25, 0.3) is 0 Å². The third-order valence-electron chi connectivity index (χ3n) is 7.13. The Morgan fingerprint density at radius 1 is 1.06 bits per heavy atom. The molecule has 0 radical (unpaired) electrons. The number of hydrogen-bond acceptors (Lipinski definition) is 7. The molecule has 9 heteroatoms. The fraction of sp³-hybridized carbons (Fsp3) is 0.708. The first-order valence-corrected chi connectivity index (χ1v) is 13.3. The second-order valence-corrected chi connectivity index (χ2v) is 10.7. The van der Waals surface area contributed by atoms with E-state index in [2.05, 4.69) is 15.2 Å². The lowest BCUT2D eigenvalue weighted by Gasteiger charge is -2.38. The largest absolute Gasteiger partial charge is 0.381 e. The van der Waals surface area contributed by atoms with Gasteiger partial charge in [-0.05, 0) is 50.7 Å². The van der Waals surface area contributed by atoms with E-state index in [1.54, 1.807) is 17.8 Å². The van der Waals surface area contributed by atoms with E-state index in [1.807, 2.05) is 0 Å². The number of ether oxygens (including phenoxy) is 2. The van der Waals surface area contributed by atoms with Gasteiger partial charge < -0.3 is 14.8 Å². The van der Waals surface area contributed by atoms with E-state index in [1.165, 1.54) is 6.08 Å². The molecule has 0 aromatic heterocycles. The van der Waals surface area contributed by atoms with Gasteiger partial charge in [-0.25, -0.2) is 9.38 Å². The molecular weight excluding hydrogens is 443 g/mol. The first kappa shape index (κ1) is 23.2. The van der Waals surface area contributed by atoms with Gasteiger partial charge in [0.15, 0.2) is 0 Å². The lowest BCUT2D eigenvalue weighted by molar-refractivity contribution is -0.122. The maximum Gasteiger partial charge on any atom is 0.241 e. The van der Waals surface area contributed by atoms with Crippen LogP contribution in [-0.2, 0) is 14.3 Å². The molecule has 0 bridgehead atoms. The Hall–Kier alpha value is -1.55. The molecule has 0 aromatic carbocycles. The Balaban J connectivity index is 1.22. The quantitative estimate of drug-likeness (QED) is 0.661. The summed E-state index contributed by atoms with van der Waals surface area (Å²) in [4.78, 5) is 24.6. The van der Waals surface area contributed by atoms with Crippen molar-refractivity contribution in [2.45, 2.75) is 55.9 Å². The Bertz CT molecular complexity index is 854. The van der Waals surface area contributed by atoms with Crippen LogP contribution in [0.15, 0.2) is 33.7 Å². The van der Waals surface area contributed by atoms with Crippen molar-refractivity contribution in [1.82, 2.24) is 10.2 Å². The summed E-state index contributed by atoms with van der Waals surface area (Å²) in [6.45, 7) is 5.25. The van der Waals surface area contributed by atoms with Crippen LogP contribution in [-0.4, -0.2) is 85.0 Å². The van der Waals surface area contributed by atoms with Gasteiger partial charge in [-0.15, -0.1) is 0 Å². The number of rotatable bonds is 5. The van der Waals surface area contributed by atoms with Crippen LogP contribution in [0.1, 0.15) is 38.5 Å². The summed E-state index contributed by atoms with van der Waals surface area (Å²) >= 11 is 1.78. The molecule has 3 heterocycles. The van der Waals surface area contributed by atoms with Crippen molar-refractivity contribution in [3.05, 3.63) is 23.7 Å². The van der Waals surface area contributed by atoms with Crippen molar-refractivity contribution in [2.24, 2.45) is 15.9 Å². The van der Waals surface area contributed by atoms with Gasteiger partial charge in [-0.2, -0.15) is 11.8 Å². The molecule has 0 aromatic rings. The maximum atomic E-state index is 14.9. The summed E-state index contributed by atoms with van der Waals surface area (Å²) in [5, 5.41) is 3.31. The van der Waals surface area contributed by atoms with E-state index >= 15 is 0 Å². The molecule has 1 amide bonds. The highest BCUT2D eigenvalue weighted by Crippen LogP contribution is 2.32. The topological polar surface area (TPSA) is 75.5 Å². The number of carbonyl (C=O) groups is 1. The minimum absolute atomic E-state index is 0.194. The minimum atomic E-state index is -0.946. The second kappa shape index (κ2) is 10.8. The summed E-state index contributed by atoms with van der Waals surface area (Å²) < 4.78 is 25.7. The van der Waals surface area contributed by atoms with Gasteiger partial charge in [-0.1, -0.05) is 0 Å². The predicted molar refractivity (Wildman–Crippen MR) is 129 cm³/mol. The van der Waals surface area contributed by atoms with Gasteiger partial charge >= 0.3 is 0 Å². The molecule has 5 rings (SSSR count). The third-order valence-corrected chi connectivity index (χ3v) is 8.51. The molecule has 3 fully saturated rings. The molecule has 1 saturated carbocycles. The summed E-state index contributed by atoms with van der Waals surface area (Å²) in [6, 6.07) is 0.800. The van der Waals surface area contributed by atoms with E-state index in [0.29, 0.717) is 34.3 Å². The van der Waals surface area contributed by atoms with Crippen LogP contribution in [0, 0.1) is 5.92 Å². The van der Waals surface area contributed by atoms with Gasteiger partial charge in [0.25, 0.3) is 0 Å². The molecule has 33 heavy (non-hydrogen) atoms. The molecule has 180 valence electrons. The molecular formula is C24H33FN4O3S. The highest BCUT2D eigenvalue weighted by Gasteiger charge is 2.35. The van der Waals surface area contributed by atoms with Gasteiger partial charge in [0.05, 0.1) is 36.4 Å². The van der Waals surface area contributed by atoms with Crippen molar-refractivity contribution in [2.75, 3.05) is 45.3 Å². The number of morpholine rings is 1. The van der Waals surface area contributed by atoms with Crippen molar-refractivity contribution in [3.8, 4) is 0 Å². The number of amides is 1. The van der Waals surface area contributed by atoms with E-state index in [4.69, 9.17) is 14.5 Å². The van der Waals surface area contributed by atoms with Crippen LogP contribution >= 0.6 is 11.8 Å². The van der Waals surface area contributed by atoms with Crippen LogP contribution in [0.3, 0.4) is 0 Å². The number of fused-ring (bicyclic) bond motifs is 1. The summed E-state index contributed by atoms with van der Waals surface area (Å²) in [7, 11) is 0. The molecule has 2 aliphatic carbocycles. The number of hydrogen-bond donors (Lipinski definition) is 1. The molecule has 3 aliphatic heterocycles. The van der Waals surface area contributed by atoms with Crippen molar-refractivity contribution in [3.63, 3.8) is 0 Å². The van der Waals surface area contributed by atoms with Crippen molar-refractivity contribution in [1.29, 1.82) is 0 Å². The van der Waals surface area contributed by atoms with Gasteiger partial charge in [0, 0.05) is 37.6 Å². The monoisotopic (exact) mass is 476 g/mol. The van der Waals surface area contributed by atoms with Crippen LogP contribution in [0.4, 0.5) is 4.39 Å². The van der Waals surface area contributed by atoms with E-state index < -0.39 is 11.7 Å². The van der Waals surface area contributed by atoms with E-state index in [9.17, 15) is 9.18 Å². The molecule has 7 nitrogen and oxygen atoms in total. The molecule has 1 N–H and O–H groups in total. The minimum Gasteiger partial charge on any atom is -0.381 e. The first-order chi connectivity index (χ1) is 16.2. The van der Waals surface area contributed by atoms with Gasteiger partial charge in [0.1, 0.15) is 17.6 Å². The van der Waals surface area contributed by atoms with Gasteiger partial charge in [0.2, 0.25) is 5.91 Å². The number of amidine groups is 1. The number of carbonyl (C=O) groups excluding carboxylic acids is 1. The molecule has 1 unspecified atom stereocenters. The average Bonchev–Trinajstić information content (AvgIpc) is 2.84. The summed E-state index contributed by atoms with van der Waals surface area (Å²) in [6.07, 6.45) is 9.48. The van der Waals surface area contributed by atoms with Crippen LogP contribution < -0.4 is 5.32 Å². The zero-order valence-corrected chi connectivity index (χ0v) is 19.8. The zero-order chi connectivity index (χ0) is 22.6. The van der Waals surface area contributed by atoms with Crippen LogP contribution in [0.5, 0.6) is 0 Å². The SMILES string of the molecule is O=C1NC(CSC2CCOCC2)=NC2=CC(=NC3CCC(N4CCOCC4)CC3)C=C(F)C12. The fourth-order valence-electron chi connectivity index (χ4n) is 5.29. The molecule has 2 saturated heterocycles. The Kier molecular flexibility index (Phi) is 7.59. The number of nitrogens with zero attached hydrogens (tertiary/aromatic N) is 3. The molecule has 5 aliphatic rings. The number of thioether (sulfide) groups is 1. The second-order valence-electron chi connectivity index (χ2n) is 9.37. The van der Waals surface area contributed by atoms with E-state index in [-0.39, 0.29) is 11.9 Å². The van der Waals surface area contributed by atoms with Crippen molar-refractivity contribution < 1.29 is 18.7 Å². The number of aliphatic imine (C=N–C) groups is 2. The smallest absolute Gasteiger partial charge is 0.241 e. The third kappa shape index (κ3) is 5.75. The van der Waals surface area contributed by atoms with Crippen LogP contribution in [0.2, 0.25) is 0 Å². The maximum absolute atomic E-state index is 14.9. The standard InChI is InChI=1S/C24H33FN4O3S/c25-20-13-17(26-16-1-3-18(4-2-16)29-7-11-32-12-8-29)14-21-23(20)24(30)28-22(27-21)15-33-19-5-9-31-10-6-19/h13-14,16,18-19,23H,1-12,15H2,(H,27,28,30). The Labute approximate surface area is 199 Å². The first-order valence-electron chi connectivity index (χ1n) is 12.2. The zero-order valence-electron chi connectivity index (χ0n) is 19.0. The fourth-order valence-corrected chi connectivity index (χ4v) is 6.34. The highest BCUT2D eigenvalue weighted by molar-refractivity contribution is 8.00. The Morgan fingerprint density at radius 2 is 1.79 bits per heavy atom. The number of nitrogens with one attached hydrogen (secondary N) is 1. The van der Waals surface area contributed by atoms with E-state index in [0.717, 1.165) is 78.0 Å². The highest BCUT2D eigenvalue weighted by atomic mass is 32.2. The lowest BCUT2D eigenvalue weighted by Crippen LogP contribution is -2.45. The summed E-state index contributed by atoms with van der Waals surface area (Å²) in [5.41, 5.74) is 1.07. The number of allylic oxidation sites excluding steroid dienone is 2. The molecule has 1 atom stereocenters. The Morgan fingerprint density at radius 3 is 2.55 bits per heavy atom. The molecule has 0 spiro atoms. The predicted octanol–water partition coefficient (Wildman–Crippen LogP) is 2.88.